The van der Waals surface area contributed by atoms with Crippen molar-refractivity contribution in [1.82, 2.24) is 0 Å². The molecule has 0 aliphatic heterocycles. The number of hydrogen-bond donors (Lipinski definition) is 0. The van der Waals surface area contributed by atoms with E-state index in [9.17, 15) is 18.0 Å². The Morgan fingerprint density at radius 3 is 2.53 bits per heavy atom. The molecule has 0 N–H and O–H groups in total. The van der Waals surface area contributed by atoms with Gasteiger partial charge in [0.2, 0.25) is 0 Å². The molecule has 15 heavy (non-hydrogen) atoms. The predicted molar refractivity (Wildman–Crippen MR) is 50.8 cm³/mol. The van der Waals surface area contributed by atoms with Crippen molar-refractivity contribution in [3.05, 3.63) is 34.9 Å². The number of halogens is 4. The van der Waals surface area contributed by atoms with Crippen molar-refractivity contribution < 1.29 is 18.0 Å². The highest BCUT2D eigenvalue weighted by atomic mass is 35.5. The summed E-state index contributed by atoms with van der Waals surface area (Å²) >= 11 is 5.62. The minimum absolute atomic E-state index is 0.0824. The second-order valence-corrected chi connectivity index (χ2v) is 3.55. The summed E-state index contributed by atoms with van der Waals surface area (Å²) in [6.07, 6.45) is -4.95. The number of carbonyl (C=O) groups is 1. The molecule has 0 amide bonds. The van der Waals surface area contributed by atoms with E-state index in [1.54, 1.807) is 12.1 Å². The lowest BCUT2D eigenvalue weighted by Gasteiger charge is -2.14. The fourth-order valence-electron chi connectivity index (χ4n) is 1.16. The van der Waals surface area contributed by atoms with E-state index in [1.165, 1.54) is 12.1 Å². The van der Waals surface area contributed by atoms with Gasteiger partial charge < -0.3 is 4.79 Å². The van der Waals surface area contributed by atoms with Gasteiger partial charge in [0.25, 0.3) is 0 Å². The van der Waals surface area contributed by atoms with Gasteiger partial charge in [-0.15, -0.1) is 0 Å². The van der Waals surface area contributed by atoms with Crippen molar-refractivity contribution >= 4 is 17.9 Å². The van der Waals surface area contributed by atoms with Crippen LogP contribution in [0.2, 0.25) is 5.02 Å². The number of hydrogen-bond acceptors (Lipinski definition) is 1. The molecular weight excluding hydrogens is 229 g/mol. The summed E-state index contributed by atoms with van der Waals surface area (Å²) in [7, 11) is 0. The quantitative estimate of drug-likeness (QED) is 0.737. The normalized spacial score (nSPS) is 13.6. The summed E-state index contributed by atoms with van der Waals surface area (Å²) in [5.74, 6) is -1.96. The summed E-state index contributed by atoms with van der Waals surface area (Å²) in [4.78, 5) is 10.3. The minimum atomic E-state index is -4.50. The number of aldehydes is 1. The van der Waals surface area contributed by atoms with E-state index in [-0.39, 0.29) is 12.7 Å². The average Bonchev–Trinajstić information content (AvgIpc) is 2.12. The molecule has 1 aromatic rings. The first kappa shape index (κ1) is 12.0. The maximum Gasteiger partial charge on any atom is 0.398 e. The SMILES string of the molecule is O=CC(Cc1cccc(Cl)c1)C(F)(F)F. The Labute approximate surface area is 89.9 Å². The van der Waals surface area contributed by atoms with Gasteiger partial charge in [0, 0.05) is 5.02 Å². The van der Waals surface area contributed by atoms with Crippen molar-refractivity contribution in [3.8, 4) is 0 Å². The van der Waals surface area contributed by atoms with Gasteiger partial charge in [-0.05, 0) is 24.1 Å². The molecule has 0 bridgehead atoms. The fourth-order valence-corrected chi connectivity index (χ4v) is 1.37. The molecule has 1 aromatic carbocycles. The predicted octanol–water partition coefficient (Wildman–Crippen LogP) is 3.26. The first-order valence-corrected chi connectivity index (χ1v) is 4.57. The summed E-state index contributed by atoms with van der Waals surface area (Å²) in [6, 6.07) is 6.04. The largest absolute Gasteiger partial charge is 0.398 e. The van der Waals surface area contributed by atoms with Crippen molar-refractivity contribution in [1.29, 1.82) is 0 Å². The zero-order valence-corrected chi connectivity index (χ0v) is 8.35. The van der Waals surface area contributed by atoms with Crippen LogP contribution in [-0.4, -0.2) is 12.5 Å². The fraction of sp³-hybridized carbons (Fsp3) is 0.300. The molecule has 1 rings (SSSR count). The van der Waals surface area contributed by atoms with E-state index in [2.05, 4.69) is 0 Å². The Balaban J connectivity index is 2.80. The van der Waals surface area contributed by atoms with Gasteiger partial charge in [-0.1, -0.05) is 23.7 Å². The Bertz CT molecular complexity index is 349. The van der Waals surface area contributed by atoms with Gasteiger partial charge in [0.15, 0.2) is 0 Å². The molecule has 0 aliphatic rings. The van der Waals surface area contributed by atoms with E-state index in [0.717, 1.165) is 0 Å². The van der Waals surface area contributed by atoms with Crippen LogP contribution in [-0.2, 0) is 11.2 Å². The van der Waals surface area contributed by atoms with Crippen LogP contribution < -0.4 is 0 Å². The molecule has 0 heterocycles. The van der Waals surface area contributed by atoms with E-state index < -0.39 is 12.1 Å². The van der Waals surface area contributed by atoms with Crippen molar-refractivity contribution in [3.63, 3.8) is 0 Å². The molecule has 1 nitrogen and oxygen atoms in total. The van der Waals surface area contributed by atoms with Crippen LogP contribution in [0.4, 0.5) is 13.2 Å². The Morgan fingerprint density at radius 1 is 1.40 bits per heavy atom. The van der Waals surface area contributed by atoms with Gasteiger partial charge in [0.1, 0.15) is 12.2 Å². The third kappa shape index (κ3) is 3.55. The maximum atomic E-state index is 12.2. The molecule has 0 aliphatic carbocycles. The van der Waals surface area contributed by atoms with Crippen molar-refractivity contribution in [2.75, 3.05) is 0 Å². The lowest BCUT2D eigenvalue weighted by atomic mass is 10.0. The first-order chi connectivity index (χ1) is 6.93. The smallest absolute Gasteiger partial charge is 0.303 e. The van der Waals surface area contributed by atoms with Crippen LogP contribution >= 0.6 is 11.6 Å². The van der Waals surface area contributed by atoms with E-state index >= 15 is 0 Å². The van der Waals surface area contributed by atoms with Gasteiger partial charge in [-0.25, -0.2) is 0 Å². The van der Waals surface area contributed by atoms with Crippen LogP contribution in [0, 0.1) is 5.92 Å². The van der Waals surface area contributed by atoms with Crippen LogP contribution in [0.15, 0.2) is 24.3 Å². The number of carbonyl (C=O) groups excluding carboxylic acids is 1. The van der Waals surface area contributed by atoms with Crippen LogP contribution in [0.1, 0.15) is 5.56 Å². The Morgan fingerprint density at radius 2 is 2.07 bits per heavy atom. The van der Waals surface area contributed by atoms with Crippen LogP contribution in [0.25, 0.3) is 0 Å². The number of alkyl halides is 3. The lowest BCUT2D eigenvalue weighted by Crippen LogP contribution is -2.26. The molecule has 0 spiro atoms. The van der Waals surface area contributed by atoms with Crippen molar-refractivity contribution in [2.45, 2.75) is 12.6 Å². The molecule has 0 fully saturated rings. The second kappa shape index (κ2) is 4.66. The van der Waals surface area contributed by atoms with Gasteiger partial charge in [-0.3, -0.25) is 0 Å². The summed E-state index contributed by atoms with van der Waals surface area (Å²) in [6.45, 7) is 0. The molecule has 1 atom stereocenters. The van der Waals surface area contributed by atoms with Gasteiger partial charge in [-0.2, -0.15) is 13.2 Å². The highest BCUT2D eigenvalue weighted by Gasteiger charge is 2.39. The molecule has 82 valence electrons. The standard InChI is InChI=1S/C10H8ClF3O/c11-9-3-1-2-7(5-9)4-8(6-15)10(12,13)14/h1-3,5-6,8H,4H2. The molecule has 0 radical (unpaired) electrons. The maximum absolute atomic E-state index is 12.2. The second-order valence-electron chi connectivity index (χ2n) is 3.12. The first-order valence-electron chi connectivity index (χ1n) is 4.20. The summed E-state index contributed by atoms with van der Waals surface area (Å²) in [5, 5.41) is 0.360. The highest BCUT2D eigenvalue weighted by molar-refractivity contribution is 6.30. The van der Waals surface area contributed by atoms with E-state index in [1.807, 2.05) is 0 Å². The molecule has 0 saturated carbocycles. The topological polar surface area (TPSA) is 17.1 Å². The van der Waals surface area contributed by atoms with E-state index in [0.29, 0.717) is 10.6 Å². The number of rotatable bonds is 3. The molecule has 5 heteroatoms. The monoisotopic (exact) mass is 236 g/mol. The zero-order valence-electron chi connectivity index (χ0n) is 7.59. The third-order valence-corrected chi connectivity index (χ3v) is 2.16. The highest BCUT2D eigenvalue weighted by Crippen LogP contribution is 2.28. The van der Waals surface area contributed by atoms with E-state index in [4.69, 9.17) is 11.6 Å². The van der Waals surface area contributed by atoms with Crippen LogP contribution in [0.3, 0.4) is 0 Å². The Kier molecular flexibility index (Phi) is 3.74. The van der Waals surface area contributed by atoms with Gasteiger partial charge in [0.05, 0.1) is 0 Å². The third-order valence-electron chi connectivity index (χ3n) is 1.93. The molecule has 0 saturated heterocycles. The minimum Gasteiger partial charge on any atom is -0.303 e. The van der Waals surface area contributed by atoms with Crippen molar-refractivity contribution in [2.24, 2.45) is 5.92 Å². The Hall–Kier alpha value is -1.03. The van der Waals surface area contributed by atoms with Crippen LogP contribution in [0.5, 0.6) is 0 Å². The average molecular weight is 237 g/mol. The molecular formula is C10H8ClF3O. The zero-order chi connectivity index (χ0) is 11.5. The lowest BCUT2D eigenvalue weighted by molar-refractivity contribution is -0.174. The summed E-state index contributed by atoms with van der Waals surface area (Å²) < 4.78 is 36.7. The van der Waals surface area contributed by atoms with Gasteiger partial charge >= 0.3 is 6.18 Å². The molecule has 0 aromatic heterocycles. The summed E-state index contributed by atoms with van der Waals surface area (Å²) in [5.41, 5.74) is 0.400. The molecule has 1 unspecified atom stereocenters. The number of benzene rings is 1.